The molecule has 0 fully saturated rings. The lowest BCUT2D eigenvalue weighted by atomic mass is 10.1. The van der Waals surface area contributed by atoms with Gasteiger partial charge in [-0.15, -0.1) is 5.10 Å². The topological polar surface area (TPSA) is 99.3 Å². The molecule has 0 saturated heterocycles. The molecule has 27 heavy (non-hydrogen) atoms. The molecule has 3 aromatic heterocycles. The summed E-state index contributed by atoms with van der Waals surface area (Å²) in [6.45, 7) is 0.595. The van der Waals surface area contributed by atoms with Crippen LogP contribution in [0.4, 0.5) is 0 Å². The summed E-state index contributed by atoms with van der Waals surface area (Å²) in [4.78, 5) is 23.7. The fourth-order valence-corrected chi connectivity index (χ4v) is 3.43. The number of aromatic amines is 2. The van der Waals surface area contributed by atoms with E-state index in [2.05, 4.69) is 36.5 Å². The van der Waals surface area contributed by atoms with Crippen molar-refractivity contribution in [2.75, 3.05) is 12.3 Å². The van der Waals surface area contributed by atoms with E-state index < -0.39 is 0 Å². The van der Waals surface area contributed by atoms with Crippen molar-refractivity contribution >= 4 is 28.6 Å². The zero-order chi connectivity index (χ0) is 18.5. The van der Waals surface area contributed by atoms with Crippen LogP contribution in [0.25, 0.3) is 22.3 Å². The minimum Gasteiger partial charge on any atom is -0.361 e. The maximum Gasteiger partial charge on any atom is 0.230 e. The van der Waals surface area contributed by atoms with Gasteiger partial charge in [0, 0.05) is 41.6 Å². The lowest BCUT2D eigenvalue weighted by Crippen LogP contribution is -2.27. The smallest absolute Gasteiger partial charge is 0.230 e. The molecule has 0 aliphatic carbocycles. The van der Waals surface area contributed by atoms with Crippen molar-refractivity contribution in [2.45, 2.75) is 11.6 Å². The molecule has 3 heterocycles. The zero-order valence-electron chi connectivity index (χ0n) is 14.5. The standard InChI is InChI=1S/C19H18N6OS/c26-17(21-10-7-14-11-22-16-4-2-1-3-15(14)16)12-27-19-23-18(24-25-19)13-5-8-20-9-6-13/h1-6,8-9,11,22H,7,10,12H2,(H,21,26)(H,23,24,25). The SMILES string of the molecule is O=C(CSc1n[nH]c(-c2ccncc2)n1)NCCc1c[nH]c2ccccc12. The van der Waals surface area contributed by atoms with Gasteiger partial charge in [0.25, 0.3) is 0 Å². The van der Waals surface area contributed by atoms with E-state index >= 15 is 0 Å². The first kappa shape index (κ1) is 17.3. The van der Waals surface area contributed by atoms with E-state index in [1.165, 1.54) is 22.7 Å². The van der Waals surface area contributed by atoms with E-state index in [-0.39, 0.29) is 11.7 Å². The van der Waals surface area contributed by atoms with E-state index in [0.29, 0.717) is 17.5 Å². The number of para-hydroxylation sites is 1. The molecule has 3 N–H and O–H groups in total. The van der Waals surface area contributed by atoms with Crippen molar-refractivity contribution in [3.63, 3.8) is 0 Å². The number of carbonyl (C=O) groups is 1. The van der Waals surface area contributed by atoms with E-state index in [1.807, 2.05) is 36.5 Å². The average molecular weight is 378 g/mol. The molecule has 4 aromatic rings. The third-order valence-corrected chi connectivity index (χ3v) is 4.99. The molecule has 8 heteroatoms. The summed E-state index contributed by atoms with van der Waals surface area (Å²) in [6, 6.07) is 11.9. The van der Waals surface area contributed by atoms with Crippen molar-refractivity contribution in [1.29, 1.82) is 0 Å². The molecular weight excluding hydrogens is 360 g/mol. The van der Waals surface area contributed by atoms with Gasteiger partial charge in [0.05, 0.1) is 5.75 Å². The number of benzene rings is 1. The molecule has 1 aromatic carbocycles. The molecule has 7 nitrogen and oxygen atoms in total. The molecule has 0 saturated carbocycles. The number of hydrogen-bond acceptors (Lipinski definition) is 5. The molecule has 0 bridgehead atoms. The number of amides is 1. The third-order valence-electron chi connectivity index (χ3n) is 4.14. The largest absolute Gasteiger partial charge is 0.361 e. The number of nitrogens with one attached hydrogen (secondary N) is 3. The van der Waals surface area contributed by atoms with Crippen LogP contribution in [-0.2, 0) is 11.2 Å². The van der Waals surface area contributed by atoms with Crippen molar-refractivity contribution in [1.82, 2.24) is 30.5 Å². The van der Waals surface area contributed by atoms with Crippen LogP contribution in [0.3, 0.4) is 0 Å². The molecular formula is C19H18N6OS. The van der Waals surface area contributed by atoms with Crippen LogP contribution in [0.5, 0.6) is 0 Å². The van der Waals surface area contributed by atoms with Crippen LogP contribution < -0.4 is 5.32 Å². The maximum atomic E-state index is 12.1. The molecule has 1 amide bonds. The minimum atomic E-state index is -0.0323. The minimum absolute atomic E-state index is 0.0323. The van der Waals surface area contributed by atoms with Gasteiger partial charge in [0.2, 0.25) is 11.1 Å². The highest BCUT2D eigenvalue weighted by atomic mass is 32.2. The Morgan fingerprint density at radius 1 is 1.15 bits per heavy atom. The second-order valence-corrected chi connectivity index (χ2v) is 6.89. The number of pyridine rings is 1. The number of nitrogens with zero attached hydrogens (tertiary/aromatic N) is 3. The lowest BCUT2D eigenvalue weighted by Gasteiger charge is -2.03. The third kappa shape index (κ3) is 4.17. The van der Waals surface area contributed by atoms with E-state index in [0.717, 1.165) is 17.5 Å². The number of carbonyl (C=O) groups excluding carboxylic acids is 1. The predicted octanol–water partition coefficient (Wildman–Crippen LogP) is 2.80. The van der Waals surface area contributed by atoms with E-state index in [4.69, 9.17) is 0 Å². The van der Waals surface area contributed by atoms with Gasteiger partial charge in [-0.1, -0.05) is 30.0 Å². The summed E-state index contributed by atoms with van der Waals surface area (Å²) in [5.41, 5.74) is 3.23. The second-order valence-electron chi connectivity index (χ2n) is 5.95. The maximum absolute atomic E-state index is 12.1. The fraction of sp³-hybridized carbons (Fsp3) is 0.158. The molecule has 136 valence electrons. The average Bonchev–Trinajstić information content (AvgIpc) is 3.35. The predicted molar refractivity (Wildman–Crippen MR) is 105 cm³/mol. The number of fused-ring (bicyclic) bond motifs is 1. The summed E-state index contributed by atoms with van der Waals surface area (Å²) >= 11 is 1.31. The first-order valence-corrected chi connectivity index (χ1v) is 9.55. The van der Waals surface area contributed by atoms with Gasteiger partial charge in [0.15, 0.2) is 5.82 Å². The molecule has 4 rings (SSSR count). The van der Waals surface area contributed by atoms with Gasteiger partial charge >= 0.3 is 0 Å². The zero-order valence-corrected chi connectivity index (χ0v) is 15.3. The van der Waals surface area contributed by atoms with Crippen molar-refractivity contribution in [2.24, 2.45) is 0 Å². The Hall–Kier alpha value is -3.13. The number of aromatic nitrogens is 5. The van der Waals surface area contributed by atoms with Crippen molar-refractivity contribution in [3.05, 3.63) is 60.6 Å². The van der Waals surface area contributed by atoms with Crippen LogP contribution >= 0.6 is 11.8 Å². The fourth-order valence-electron chi connectivity index (χ4n) is 2.81. The monoisotopic (exact) mass is 378 g/mol. The Kier molecular flexibility index (Phi) is 5.15. The first-order chi connectivity index (χ1) is 13.3. The molecule has 0 radical (unpaired) electrons. The number of hydrogen-bond donors (Lipinski definition) is 3. The Balaban J connectivity index is 1.25. The molecule has 0 unspecified atom stereocenters. The van der Waals surface area contributed by atoms with Gasteiger partial charge in [0.1, 0.15) is 0 Å². The quantitative estimate of drug-likeness (QED) is 0.430. The van der Waals surface area contributed by atoms with Gasteiger partial charge in [-0.25, -0.2) is 4.98 Å². The normalized spacial score (nSPS) is 11.0. The Labute approximate surface area is 160 Å². The summed E-state index contributed by atoms with van der Waals surface area (Å²) in [5, 5.41) is 11.7. The Morgan fingerprint density at radius 2 is 2.00 bits per heavy atom. The number of rotatable bonds is 7. The summed E-state index contributed by atoms with van der Waals surface area (Å²) in [6.07, 6.45) is 6.19. The molecule has 0 aliphatic heterocycles. The highest BCUT2D eigenvalue weighted by Gasteiger charge is 2.09. The second kappa shape index (κ2) is 8.05. The van der Waals surface area contributed by atoms with Gasteiger partial charge in [-0.05, 0) is 30.2 Å². The van der Waals surface area contributed by atoms with Crippen LogP contribution in [0, 0.1) is 0 Å². The van der Waals surface area contributed by atoms with Crippen molar-refractivity contribution in [3.8, 4) is 11.4 Å². The number of H-pyrrole nitrogens is 2. The van der Waals surface area contributed by atoms with Crippen LogP contribution in [-0.4, -0.2) is 43.4 Å². The van der Waals surface area contributed by atoms with E-state index in [1.54, 1.807) is 12.4 Å². The van der Waals surface area contributed by atoms with Gasteiger partial charge in [-0.2, -0.15) is 0 Å². The first-order valence-electron chi connectivity index (χ1n) is 8.57. The molecule has 0 atom stereocenters. The highest BCUT2D eigenvalue weighted by Crippen LogP contribution is 2.19. The summed E-state index contributed by atoms with van der Waals surface area (Å²) in [5.74, 6) is 0.913. The Bertz CT molecular complexity index is 1040. The molecule has 0 spiro atoms. The summed E-state index contributed by atoms with van der Waals surface area (Å²) < 4.78 is 0. The Morgan fingerprint density at radius 3 is 2.89 bits per heavy atom. The van der Waals surface area contributed by atoms with Gasteiger partial charge < -0.3 is 10.3 Å². The summed E-state index contributed by atoms with van der Waals surface area (Å²) in [7, 11) is 0. The highest BCUT2D eigenvalue weighted by molar-refractivity contribution is 7.99. The number of thioether (sulfide) groups is 1. The van der Waals surface area contributed by atoms with Crippen LogP contribution in [0.15, 0.2) is 60.1 Å². The van der Waals surface area contributed by atoms with Crippen molar-refractivity contribution < 1.29 is 4.79 Å². The van der Waals surface area contributed by atoms with Gasteiger partial charge in [-0.3, -0.25) is 14.9 Å². The van der Waals surface area contributed by atoms with Crippen LogP contribution in [0.2, 0.25) is 0 Å². The van der Waals surface area contributed by atoms with E-state index in [9.17, 15) is 4.79 Å². The lowest BCUT2D eigenvalue weighted by molar-refractivity contribution is -0.118. The van der Waals surface area contributed by atoms with Crippen LogP contribution in [0.1, 0.15) is 5.56 Å². The molecule has 0 aliphatic rings.